The van der Waals surface area contributed by atoms with E-state index in [0.717, 1.165) is 16.7 Å². The zero-order valence-electron chi connectivity index (χ0n) is 9.94. The molecule has 1 saturated heterocycles. The molecule has 4 heteroatoms. The number of hydrogen-bond donors (Lipinski definition) is 0. The first kappa shape index (κ1) is 11.8. The van der Waals surface area contributed by atoms with Gasteiger partial charge < -0.3 is 0 Å². The molecule has 1 aromatic rings. The Morgan fingerprint density at radius 2 is 1.69 bits per heavy atom. The van der Waals surface area contributed by atoms with Gasteiger partial charge in [-0.3, -0.25) is 8.37 Å². The van der Waals surface area contributed by atoms with Crippen molar-refractivity contribution in [2.45, 2.75) is 39.9 Å². The Labute approximate surface area is 98.6 Å². The summed E-state index contributed by atoms with van der Waals surface area (Å²) in [6.07, 6.45) is -0.387. The summed E-state index contributed by atoms with van der Waals surface area (Å²) in [6, 6.07) is 4.22. The molecule has 2 unspecified atom stereocenters. The van der Waals surface area contributed by atoms with Gasteiger partial charge in [0.2, 0.25) is 0 Å². The van der Waals surface area contributed by atoms with Crippen LogP contribution in [0.5, 0.6) is 0 Å². The zero-order valence-corrected chi connectivity index (χ0v) is 10.8. The van der Waals surface area contributed by atoms with Crippen molar-refractivity contribution in [2.75, 3.05) is 0 Å². The molecule has 0 bridgehead atoms. The van der Waals surface area contributed by atoms with Crippen LogP contribution in [-0.4, -0.2) is 10.3 Å². The van der Waals surface area contributed by atoms with E-state index in [9.17, 15) is 4.21 Å². The second-order valence-electron chi connectivity index (χ2n) is 4.33. The summed E-state index contributed by atoms with van der Waals surface area (Å²) >= 11 is -1.61. The first-order valence-electron chi connectivity index (χ1n) is 5.33. The smallest absolute Gasteiger partial charge is 0.262 e. The highest BCUT2D eigenvalue weighted by molar-refractivity contribution is 7.75. The molecule has 3 atom stereocenters. The van der Waals surface area contributed by atoms with Crippen molar-refractivity contribution in [3.63, 3.8) is 0 Å². The predicted molar refractivity (Wildman–Crippen MR) is 63.2 cm³/mol. The number of rotatable bonds is 1. The van der Waals surface area contributed by atoms with Crippen molar-refractivity contribution in [3.8, 4) is 0 Å². The zero-order chi connectivity index (χ0) is 11.9. The van der Waals surface area contributed by atoms with E-state index in [2.05, 4.69) is 19.1 Å². The monoisotopic (exact) mass is 240 g/mol. The Balaban J connectivity index is 2.44. The van der Waals surface area contributed by atoms with Gasteiger partial charge in [0.25, 0.3) is 0 Å². The minimum atomic E-state index is -1.61. The predicted octanol–water partition coefficient (Wildman–Crippen LogP) is 2.67. The quantitative estimate of drug-likeness (QED) is 0.757. The first-order chi connectivity index (χ1) is 7.49. The Bertz CT molecular complexity index is 419. The lowest BCUT2D eigenvalue weighted by atomic mass is 9.93. The third kappa shape index (κ3) is 2.05. The topological polar surface area (TPSA) is 35.5 Å². The summed E-state index contributed by atoms with van der Waals surface area (Å²) in [5, 5.41) is 0. The molecule has 1 heterocycles. The molecular weight excluding hydrogens is 224 g/mol. The van der Waals surface area contributed by atoms with Gasteiger partial charge in [-0.2, -0.15) is 4.21 Å². The van der Waals surface area contributed by atoms with E-state index in [1.54, 1.807) is 0 Å². The Morgan fingerprint density at radius 3 is 2.12 bits per heavy atom. The van der Waals surface area contributed by atoms with Crippen molar-refractivity contribution in [3.05, 3.63) is 34.4 Å². The minimum absolute atomic E-state index is 0.166. The SMILES string of the molecule is Cc1cc(C)c(C2OS(=O)O[C@@H]2C)c(C)c1. The minimum Gasteiger partial charge on any atom is -0.262 e. The molecule has 16 heavy (non-hydrogen) atoms. The van der Waals surface area contributed by atoms with E-state index in [1.807, 2.05) is 20.8 Å². The second-order valence-corrected chi connectivity index (χ2v) is 5.13. The number of aryl methyl sites for hydroxylation is 3. The highest BCUT2D eigenvalue weighted by Gasteiger charge is 2.34. The van der Waals surface area contributed by atoms with E-state index in [0.29, 0.717) is 0 Å². The van der Waals surface area contributed by atoms with Crippen LogP contribution in [0.1, 0.15) is 35.3 Å². The maximum atomic E-state index is 11.2. The van der Waals surface area contributed by atoms with E-state index in [4.69, 9.17) is 8.37 Å². The van der Waals surface area contributed by atoms with Crippen LogP contribution in [0.15, 0.2) is 12.1 Å². The van der Waals surface area contributed by atoms with E-state index < -0.39 is 11.4 Å². The van der Waals surface area contributed by atoms with Gasteiger partial charge in [0, 0.05) is 0 Å². The van der Waals surface area contributed by atoms with Crippen LogP contribution in [0.2, 0.25) is 0 Å². The molecule has 3 nitrogen and oxygen atoms in total. The maximum Gasteiger partial charge on any atom is 0.305 e. The third-order valence-electron chi connectivity index (χ3n) is 2.86. The molecule has 0 N–H and O–H groups in total. The third-order valence-corrected chi connectivity index (χ3v) is 3.69. The molecular formula is C12H16O3S. The van der Waals surface area contributed by atoms with Crippen LogP contribution < -0.4 is 0 Å². The Hall–Kier alpha value is -0.710. The molecule has 0 amide bonds. The fourth-order valence-electron chi connectivity index (χ4n) is 2.28. The second kappa shape index (κ2) is 4.28. The Kier molecular flexibility index (Phi) is 3.15. The molecule has 1 aliphatic heterocycles. The standard InChI is InChI=1S/C12H16O3S/c1-7-5-8(2)11(9(3)6-7)12-10(4)14-16(13)15-12/h5-6,10,12H,1-4H3/t10-,12?,16?/m1/s1. The average molecular weight is 240 g/mol. The lowest BCUT2D eigenvalue weighted by Gasteiger charge is -2.17. The largest absolute Gasteiger partial charge is 0.305 e. The summed E-state index contributed by atoms with van der Waals surface area (Å²) in [7, 11) is 0. The van der Waals surface area contributed by atoms with Gasteiger partial charge >= 0.3 is 11.4 Å². The molecule has 1 fully saturated rings. The van der Waals surface area contributed by atoms with Crippen LogP contribution >= 0.6 is 0 Å². The van der Waals surface area contributed by atoms with Crippen molar-refractivity contribution in [1.29, 1.82) is 0 Å². The summed E-state index contributed by atoms with van der Waals surface area (Å²) in [6.45, 7) is 8.05. The summed E-state index contributed by atoms with van der Waals surface area (Å²) < 4.78 is 21.6. The van der Waals surface area contributed by atoms with Crippen LogP contribution in [0.3, 0.4) is 0 Å². The van der Waals surface area contributed by atoms with E-state index in [-0.39, 0.29) is 12.2 Å². The molecule has 1 aromatic carbocycles. The van der Waals surface area contributed by atoms with Crippen molar-refractivity contribution in [2.24, 2.45) is 0 Å². The molecule has 0 radical (unpaired) electrons. The van der Waals surface area contributed by atoms with Gasteiger partial charge in [0.15, 0.2) is 0 Å². The summed E-state index contributed by atoms with van der Waals surface area (Å²) in [4.78, 5) is 0. The van der Waals surface area contributed by atoms with Crippen LogP contribution in [0.25, 0.3) is 0 Å². The van der Waals surface area contributed by atoms with Gasteiger partial charge in [0.05, 0.1) is 0 Å². The lowest BCUT2D eigenvalue weighted by molar-refractivity contribution is 0.172. The van der Waals surface area contributed by atoms with Crippen LogP contribution in [0, 0.1) is 20.8 Å². The molecule has 0 aromatic heterocycles. The van der Waals surface area contributed by atoms with Crippen LogP contribution in [-0.2, 0) is 19.7 Å². The van der Waals surface area contributed by atoms with Gasteiger partial charge in [-0.25, -0.2) is 0 Å². The average Bonchev–Trinajstić information content (AvgIpc) is 2.43. The summed E-state index contributed by atoms with van der Waals surface area (Å²) in [5.74, 6) is 0. The fraction of sp³-hybridized carbons (Fsp3) is 0.500. The molecule has 0 aliphatic carbocycles. The van der Waals surface area contributed by atoms with Crippen molar-refractivity contribution in [1.82, 2.24) is 0 Å². The first-order valence-corrected chi connectivity index (χ1v) is 6.33. The number of benzene rings is 1. The fourth-order valence-corrected chi connectivity index (χ4v) is 3.10. The van der Waals surface area contributed by atoms with E-state index >= 15 is 0 Å². The van der Waals surface area contributed by atoms with Gasteiger partial charge in [-0.05, 0) is 44.4 Å². The highest BCUT2D eigenvalue weighted by Crippen LogP contribution is 2.35. The molecule has 0 spiro atoms. The van der Waals surface area contributed by atoms with Gasteiger partial charge in [0.1, 0.15) is 12.2 Å². The van der Waals surface area contributed by atoms with Crippen LogP contribution in [0.4, 0.5) is 0 Å². The normalized spacial score (nSPS) is 29.6. The van der Waals surface area contributed by atoms with Gasteiger partial charge in [-0.1, -0.05) is 17.7 Å². The Morgan fingerprint density at radius 1 is 1.12 bits per heavy atom. The lowest BCUT2D eigenvalue weighted by Crippen LogP contribution is -2.13. The molecule has 2 rings (SSSR count). The summed E-state index contributed by atoms with van der Waals surface area (Å²) in [5.41, 5.74) is 4.66. The maximum absolute atomic E-state index is 11.2. The molecule has 0 saturated carbocycles. The van der Waals surface area contributed by atoms with Gasteiger partial charge in [-0.15, -0.1) is 0 Å². The van der Waals surface area contributed by atoms with Crippen molar-refractivity contribution < 1.29 is 12.6 Å². The molecule has 1 aliphatic rings. The van der Waals surface area contributed by atoms with E-state index in [1.165, 1.54) is 5.56 Å². The highest BCUT2D eigenvalue weighted by atomic mass is 32.2. The molecule has 88 valence electrons. The number of hydrogen-bond acceptors (Lipinski definition) is 3. The van der Waals surface area contributed by atoms with Crippen molar-refractivity contribution >= 4 is 11.4 Å².